The van der Waals surface area contributed by atoms with Crippen molar-refractivity contribution in [1.29, 1.82) is 0 Å². The molecule has 0 bridgehead atoms. The van der Waals surface area contributed by atoms with Crippen LogP contribution in [-0.2, 0) is 0 Å². The number of hydrogen-bond donors (Lipinski definition) is 2. The molecule has 2 aromatic rings. The van der Waals surface area contributed by atoms with Gasteiger partial charge in [-0.2, -0.15) is 0 Å². The minimum Gasteiger partial charge on any atom is -0.399 e. The van der Waals surface area contributed by atoms with Gasteiger partial charge in [-0.1, -0.05) is 35.0 Å². The lowest BCUT2D eigenvalue weighted by atomic mass is 10.2. The Hall–Kier alpha value is -1.36. The van der Waals surface area contributed by atoms with Crippen molar-refractivity contribution in [1.82, 2.24) is 0 Å². The number of carbonyl (C=O) groups is 1. The topological polar surface area (TPSA) is 69.1 Å². The molecule has 0 saturated heterocycles. The van der Waals surface area contributed by atoms with E-state index in [1.54, 1.807) is 30.3 Å². The minimum absolute atomic E-state index is 0.422. The van der Waals surface area contributed by atoms with E-state index in [0.29, 0.717) is 26.2 Å². The number of nitrogen functional groups attached to an aromatic ring is 1. The first-order chi connectivity index (χ1) is 8.97. The largest absolute Gasteiger partial charge is 0.399 e. The molecule has 2 rings (SSSR count). The third-order valence-electron chi connectivity index (χ3n) is 2.39. The molecular weight excluding hydrogens is 303 g/mol. The Morgan fingerprint density at radius 1 is 1.05 bits per heavy atom. The van der Waals surface area contributed by atoms with E-state index in [0.717, 1.165) is 4.90 Å². The van der Waals surface area contributed by atoms with Gasteiger partial charge in [-0.05, 0) is 36.4 Å². The van der Waals surface area contributed by atoms with Gasteiger partial charge in [-0.3, -0.25) is 4.79 Å². The van der Waals surface area contributed by atoms with Crippen LogP contribution in [0.25, 0.3) is 0 Å². The van der Waals surface area contributed by atoms with E-state index in [-0.39, 0.29) is 0 Å². The summed E-state index contributed by atoms with van der Waals surface area (Å²) in [5, 5.41) is 0.935. The first-order valence-electron chi connectivity index (χ1n) is 5.29. The van der Waals surface area contributed by atoms with Gasteiger partial charge in [-0.25, -0.2) is 0 Å². The first kappa shape index (κ1) is 14.1. The maximum Gasteiger partial charge on any atom is 0.249 e. The molecule has 2 aromatic carbocycles. The van der Waals surface area contributed by atoms with Gasteiger partial charge >= 0.3 is 0 Å². The van der Waals surface area contributed by atoms with E-state index < -0.39 is 5.91 Å². The standard InChI is InChI=1S/C13H10Cl2N2OS/c14-10-4-2-8(6-11(10)15)19-12-5-7(16)1-3-9(12)13(17)18/h1-6H,16H2,(H2,17,18). The predicted octanol–water partition coefficient (Wildman–Crippen LogP) is 3.83. The van der Waals surface area contributed by atoms with Gasteiger partial charge in [0.05, 0.1) is 15.6 Å². The highest BCUT2D eigenvalue weighted by Crippen LogP contribution is 2.35. The van der Waals surface area contributed by atoms with Crippen molar-refractivity contribution in [2.24, 2.45) is 5.73 Å². The monoisotopic (exact) mass is 312 g/mol. The third-order valence-corrected chi connectivity index (χ3v) is 4.18. The second-order valence-electron chi connectivity index (χ2n) is 3.80. The summed E-state index contributed by atoms with van der Waals surface area (Å²) in [4.78, 5) is 12.9. The summed E-state index contributed by atoms with van der Waals surface area (Å²) < 4.78 is 0. The van der Waals surface area contributed by atoms with Crippen LogP contribution in [0.3, 0.4) is 0 Å². The second-order valence-corrected chi connectivity index (χ2v) is 5.73. The number of rotatable bonds is 3. The number of anilines is 1. The molecule has 98 valence electrons. The molecule has 6 heteroatoms. The molecule has 0 atom stereocenters. The van der Waals surface area contributed by atoms with E-state index in [9.17, 15) is 4.79 Å². The molecule has 0 aliphatic rings. The predicted molar refractivity (Wildman–Crippen MR) is 80.0 cm³/mol. The minimum atomic E-state index is -0.498. The van der Waals surface area contributed by atoms with Crippen molar-refractivity contribution in [2.75, 3.05) is 5.73 Å². The lowest BCUT2D eigenvalue weighted by Crippen LogP contribution is -2.12. The van der Waals surface area contributed by atoms with Crippen LogP contribution in [0.1, 0.15) is 10.4 Å². The summed E-state index contributed by atoms with van der Waals surface area (Å²) in [6.45, 7) is 0. The molecule has 0 aromatic heterocycles. The Morgan fingerprint density at radius 2 is 1.79 bits per heavy atom. The van der Waals surface area contributed by atoms with Gasteiger partial charge in [0.2, 0.25) is 5.91 Å². The average Bonchev–Trinajstić information content (AvgIpc) is 2.33. The summed E-state index contributed by atoms with van der Waals surface area (Å²) in [6.07, 6.45) is 0. The molecule has 0 heterocycles. The fourth-order valence-electron chi connectivity index (χ4n) is 1.49. The lowest BCUT2D eigenvalue weighted by molar-refractivity contribution is 0.0997. The second kappa shape index (κ2) is 5.74. The summed E-state index contributed by atoms with van der Waals surface area (Å²) in [5.74, 6) is -0.498. The lowest BCUT2D eigenvalue weighted by Gasteiger charge is -2.08. The summed E-state index contributed by atoms with van der Waals surface area (Å²) in [6, 6.07) is 10.2. The van der Waals surface area contributed by atoms with Gasteiger partial charge in [-0.15, -0.1) is 0 Å². The summed E-state index contributed by atoms with van der Waals surface area (Å²) in [5.41, 5.74) is 12.0. The molecule has 0 saturated carbocycles. The number of hydrogen-bond acceptors (Lipinski definition) is 3. The number of carbonyl (C=O) groups excluding carboxylic acids is 1. The van der Waals surface area contributed by atoms with Gasteiger partial charge in [0.15, 0.2) is 0 Å². The molecule has 0 fully saturated rings. The van der Waals surface area contributed by atoms with Crippen LogP contribution in [0.15, 0.2) is 46.2 Å². The highest BCUT2D eigenvalue weighted by atomic mass is 35.5. The Bertz CT molecular complexity index is 647. The van der Waals surface area contributed by atoms with Crippen LogP contribution >= 0.6 is 35.0 Å². The SMILES string of the molecule is NC(=O)c1ccc(N)cc1Sc1ccc(Cl)c(Cl)c1. The van der Waals surface area contributed by atoms with Crippen LogP contribution in [0.5, 0.6) is 0 Å². The summed E-state index contributed by atoms with van der Waals surface area (Å²) in [7, 11) is 0. The zero-order valence-corrected chi connectivity index (χ0v) is 12.0. The Balaban J connectivity index is 2.39. The summed E-state index contributed by atoms with van der Waals surface area (Å²) >= 11 is 13.2. The van der Waals surface area contributed by atoms with E-state index in [2.05, 4.69) is 0 Å². The van der Waals surface area contributed by atoms with Crippen LogP contribution in [-0.4, -0.2) is 5.91 Å². The molecule has 0 aliphatic heterocycles. The van der Waals surface area contributed by atoms with E-state index >= 15 is 0 Å². The zero-order valence-electron chi connectivity index (χ0n) is 9.69. The number of amides is 1. The Kier molecular flexibility index (Phi) is 4.24. The smallest absolute Gasteiger partial charge is 0.249 e. The number of benzene rings is 2. The van der Waals surface area contributed by atoms with Gasteiger partial charge in [0.25, 0.3) is 0 Å². The molecular formula is C13H10Cl2N2OS. The van der Waals surface area contributed by atoms with E-state index in [1.807, 2.05) is 6.07 Å². The van der Waals surface area contributed by atoms with Crippen LogP contribution in [0.2, 0.25) is 10.0 Å². The molecule has 19 heavy (non-hydrogen) atoms. The first-order valence-corrected chi connectivity index (χ1v) is 6.87. The quantitative estimate of drug-likeness (QED) is 0.846. The highest BCUT2D eigenvalue weighted by Gasteiger charge is 2.10. The maximum atomic E-state index is 11.4. The van der Waals surface area contributed by atoms with Crippen LogP contribution < -0.4 is 11.5 Å². The normalized spacial score (nSPS) is 10.4. The molecule has 0 aliphatic carbocycles. The number of nitrogens with two attached hydrogens (primary N) is 2. The van der Waals surface area contributed by atoms with Gasteiger partial charge < -0.3 is 11.5 Å². The van der Waals surface area contributed by atoms with Gasteiger partial charge in [0, 0.05) is 15.5 Å². The maximum absolute atomic E-state index is 11.4. The molecule has 0 unspecified atom stereocenters. The van der Waals surface area contributed by atoms with Crippen molar-refractivity contribution < 1.29 is 4.79 Å². The van der Waals surface area contributed by atoms with Crippen molar-refractivity contribution in [3.8, 4) is 0 Å². The van der Waals surface area contributed by atoms with Crippen LogP contribution in [0, 0.1) is 0 Å². The molecule has 4 N–H and O–H groups in total. The zero-order chi connectivity index (χ0) is 14.0. The fourth-order valence-corrected chi connectivity index (χ4v) is 2.90. The Labute approximate surface area is 124 Å². The molecule has 0 radical (unpaired) electrons. The van der Waals surface area contributed by atoms with Gasteiger partial charge in [0.1, 0.15) is 0 Å². The van der Waals surface area contributed by atoms with Crippen molar-refractivity contribution >= 4 is 46.6 Å². The van der Waals surface area contributed by atoms with Crippen LogP contribution in [0.4, 0.5) is 5.69 Å². The van der Waals surface area contributed by atoms with Crippen molar-refractivity contribution in [3.63, 3.8) is 0 Å². The van der Waals surface area contributed by atoms with E-state index in [4.69, 9.17) is 34.7 Å². The molecule has 3 nitrogen and oxygen atoms in total. The molecule has 0 spiro atoms. The van der Waals surface area contributed by atoms with E-state index in [1.165, 1.54) is 11.8 Å². The molecule has 1 amide bonds. The van der Waals surface area contributed by atoms with Crippen molar-refractivity contribution in [2.45, 2.75) is 9.79 Å². The van der Waals surface area contributed by atoms with Crippen molar-refractivity contribution in [3.05, 3.63) is 52.0 Å². The Morgan fingerprint density at radius 3 is 2.42 bits per heavy atom. The number of halogens is 2. The highest BCUT2D eigenvalue weighted by molar-refractivity contribution is 7.99. The third kappa shape index (κ3) is 3.35. The average molecular weight is 313 g/mol. The number of primary amides is 1. The fraction of sp³-hybridized carbons (Fsp3) is 0.